The predicted molar refractivity (Wildman–Crippen MR) is 58.7 cm³/mol. The van der Waals surface area contributed by atoms with Crippen LogP contribution in [0.1, 0.15) is 38.5 Å². The van der Waals surface area contributed by atoms with Crippen LogP contribution >= 0.6 is 7.92 Å². The zero-order valence-electron chi connectivity index (χ0n) is 8.41. The molecule has 2 heteroatoms. The van der Waals surface area contributed by atoms with Crippen LogP contribution < -0.4 is 0 Å². The molecule has 2 aliphatic rings. The summed E-state index contributed by atoms with van der Waals surface area (Å²) in [5.41, 5.74) is 1.05. The van der Waals surface area contributed by atoms with Crippen molar-refractivity contribution in [3.05, 3.63) is 0 Å². The highest BCUT2D eigenvalue weighted by Crippen LogP contribution is 2.57. The quantitative estimate of drug-likeness (QED) is 0.694. The van der Waals surface area contributed by atoms with Crippen molar-refractivity contribution in [2.45, 2.75) is 44.2 Å². The minimum atomic E-state index is 0.392. The van der Waals surface area contributed by atoms with Crippen molar-refractivity contribution in [3.8, 4) is 0 Å². The van der Waals surface area contributed by atoms with Crippen molar-refractivity contribution >= 4 is 7.92 Å². The van der Waals surface area contributed by atoms with Crippen molar-refractivity contribution in [2.24, 2.45) is 5.92 Å². The van der Waals surface area contributed by atoms with Gasteiger partial charge >= 0.3 is 0 Å². The summed E-state index contributed by atoms with van der Waals surface area (Å²) >= 11 is 0. The van der Waals surface area contributed by atoms with Crippen molar-refractivity contribution in [2.75, 3.05) is 18.9 Å². The fourth-order valence-corrected chi connectivity index (χ4v) is 6.61. The topological polar surface area (TPSA) is 20.2 Å². The van der Waals surface area contributed by atoms with Crippen LogP contribution in [0.3, 0.4) is 0 Å². The average Bonchev–Trinajstić information content (AvgIpc) is 2.14. The molecule has 76 valence electrons. The van der Waals surface area contributed by atoms with Crippen LogP contribution in [0.4, 0.5) is 0 Å². The van der Waals surface area contributed by atoms with E-state index in [4.69, 9.17) is 5.11 Å². The highest BCUT2D eigenvalue weighted by molar-refractivity contribution is 7.58. The molecule has 0 aliphatic carbocycles. The molecule has 0 saturated carbocycles. The second-order valence-electron chi connectivity index (χ2n) is 4.51. The third-order valence-electron chi connectivity index (χ3n) is 3.71. The van der Waals surface area contributed by atoms with E-state index in [9.17, 15) is 0 Å². The Balaban J connectivity index is 1.90. The standard InChI is InChI=1S/C11H21OP/c12-7-1-6-11-10-4-2-8-13(11)9-3-5-10/h10-12H,1-9H2. The first-order valence-electron chi connectivity index (χ1n) is 5.76. The number of hydrogen-bond donors (Lipinski definition) is 1. The van der Waals surface area contributed by atoms with E-state index in [1.165, 1.54) is 32.1 Å². The fraction of sp³-hybridized carbons (Fsp3) is 1.00. The van der Waals surface area contributed by atoms with Gasteiger partial charge in [0.25, 0.3) is 0 Å². The maximum absolute atomic E-state index is 8.87. The molecular weight excluding hydrogens is 179 g/mol. The Kier molecular flexibility index (Phi) is 3.63. The molecule has 1 atom stereocenters. The monoisotopic (exact) mass is 200 g/mol. The second-order valence-corrected chi connectivity index (χ2v) is 7.25. The number of hydrogen-bond acceptors (Lipinski definition) is 1. The Morgan fingerprint density at radius 1 is 1.15 bits per heavy atom. The van der Waals surface area contributed by atoms with Crippen molar-refractivity contribution < 1.29 is 5.11 Å². The van der Waals surface area contributed by atoms with Gasteiger partial charge in [0.2, 0.25) is 0 Å². The van der Waals surface area contributed by atoms with Gasteiger partial charge in [-0.3, -0.25) is 0 Å². The average molecular weight is 200 g/mol. The molecule has 2 heterocycles. The first kappa shape index (κ1) is 9.93. The van der Waals surface area contributed by atoms with Crippen molar-refractivity contribution in [1.29, 1.82) is 0 Å². The SMILES string of the molecule is OCCCC1C2CCCP1CCC2. The van der Waals surface area contributed by atoms with E-state index < -0.39 is 0 Å². The lowest BCUT2D eigenvalue weighted by Gasteiger charge is -2.43. The highest BCUT2D eigenvalue weighted by Gasteiger charge is 2.34. The number of fused-ring (bicyclic) bond motifs is 2. The zero-order chi connectivity index (χ0) is 9.10. The lowest BCUT2D eigenvalue weighted by atomic mass is 9.91. The molecule has 2 aliphatic heterocycles. The Bertz CT molecular complexity index is 138. The van der Waals surface area contributed by atoms with E-state index in [0.29, 0.717) is 14.5 Å². The second kappa shape index (κ2) is 4.75. The van der Waals surface area contributed by atoms with Crippen LogP contribution in [0.15, 0.2) is 0 Å². The van der Waals surface area contributed by atoms with E-state index in [-0.39, 0.29) is 0 Å². The minimum absolute atomic E-state index is 0.392. The van der Waals surface area contributed by atoms with Crippen LogP contribution in [0.25, 0.3) is 0 Å². The smallest absolute Gasteiger partial charge is 0.0431 e. The van der Waals surface area contributed by atoms with Crippen LogP contribution in [-0.2, 0) is 0 Å². The van der Waals surface area contributed by atoms with Gasteiger partial charge in [0.1, 0.15) is 0 Å². The first-order chi connectivity index (χ1) is 6.42. The lowest BCUT2D eigenvalue weighted by molar-refractivity contribution is 0.272. The molecule has 0 radical (unpaired) electrons. The molecule has 1 nitrogen and oxygen atoms in total. The van der Waals surface area contributed by atoms with E-state index in [0.717, 1.165) is 18.0 Å². The molecule has 0 aromatic carbocycles. The molecule has 0 spiro atoms. The van der Waals surface area contributed by atoms with Crippen LogP contribution in [0.5, 0.6) is 0 Å². The Morgan fingerprint density at radius 2 is 1.85 bits per heavy atom. The molecule has 0 amide bonds. The summed E-state index contributed by atoms with van der Waals surface area (Å²) in [5, 5.41) is 8.87. The highest BCUT2D eigenvalue weighted by atomic mass is 31.1. The molecule has 1 unspecified atom stereocenters. The summed E-state index contributed by atoms with van der Waals surface area (Å²) in [7, 11) is 0.392. The van der Waals surface area contributed by atoms with E-state index in [2.05, 4.69) is 0 Å². The molecule has 0 aromatic heterocycles. The van der Waals surface area contributed by atoms with Gasteiger partial charge in [-0.05, 0) is 62.4 Å². The fourth-order valence-electron chi connectivity index (χ4n) is 3.10. The van der Waals surface area contributed by atoms with Gasteiger partial charge in [-0.1, -0.05) is 0 Å². The maximum Gasteiger partial charge on any atom is 0.0431 e. The van der Waals surface area contributed by atoms with Crippen molar-refractivity contribution in [3.63, 3.8) is 0 Å². The molecule has 2 fully saturated rings. The van der Waals surface area contributed by atoms with Crippen LogP contribution in [0, 0.1) is 5.92 Å². The normalized spacial score (nSPS) is 39.0. The largest absolute Gasteiger partial charge is 0.396 e. The summed E-state index contributed by atoms with van der Waals surface area (Å²) in [6.45, 7) is 0.409. The van der Waals surface area contributed by atoms with Gasteiger partial charge in [-0.15, -0.1) is 7.92 Å². The van der Waals surface area contributed by atoms with Gasteiger partial charge in [0, 0.05) is 6.61 Å². The van der Waals surface area contributed by atoms with Gasteiger partial charge < -0.3 is 5.11 Å². The molecule has 1 N–H and O–H groups in total. The molecule has 13 heavy (non-hydrogen) atoms. The van der Waals surface area contributed by atoms with Gasteiger partial charge in [-0.2, -0.15) is 0 Å². The molecule has 0 aromatic rings. The van der Waals surface area contributed by atoms with Crippen LogP contribution in [0.2, 0.25) is 0 Å². The molecule has 2 rings (SSSR count). The maximum atomic E-state index is 8.87. The summed E-state index contributed by atoms with van der Waals surface area (Å²) in [6.07, 6.45) is 11.5. The van der Waals surface area contributed by atoms with Gasteiger partial charge in [0.05, 0.1) is 0 Å². The third kappa shape index (κ3) is 2.25. The van der Waals surface area contributed by atoms with Gasteiger partial charge in [0.15, 0.2) is 0 Å². The molecule has 2 bridgehead atoms. The first-order valence-corrected chi connectivity index (χ1v) is 7.55. The number of rotatable bonds is 3. The van der Waals surface area contributed by atoms with E-state index in [1.807, 2.05) is 0 Å². The summed E-state index contributed by atoms with van der Waals surface area (Å²) < 4.78 is 0. The minimum Gasteiger partial charge on any atom is -0.396 e. The third-order valence-corrected chi connectivity index (χ3v) is 7.11. The molecule has 2 saturated heterocycles. The summed E-state index contributed by atoms with van der Waals surface area (Å²) in [6, 6.07) is 0. The number of aliphatic hydroxyl groups excluding tert-OH is 1. The van der Waals surface area contributed by atoms with Crippen molar-refractivity contribution in [1.82, 2.24) is 0 Å². The summed E-state index contributed by atoms with van der Waals surface area (Å²) in [5.74, 6) is 1.06. The van der Waals surface area contributed by atoms with Gasteiger partial charge in [-0.25, -0.2) is 0 Å². The Labute approximate surface area is 82.7 Å². The Morgan fingerprint density at radius 3 is 2.38 bits per heavy atom. The zero-order valence-corrected chi connectivity index (χ0v) is 9.31. The predicted octanol–water partition coefficient (Wildman–Crippen LogP) is 2.81. The van der Waals surface area contributed by atoms with E-state index in [1.54, 1.807) is 12.3 Å². The number of aliphatic hydroxyl groups is 1. The summed E-state index contributed by atoms with van der Waals surface area (Å²) in [4.78, 5) is 0. The van der Waals surface area contributed by atoms with Crippen LogP contribution in [-0.4, -0.2) is 29.7 Å². The van der Waals surface area contributed by atoms with E-state index >= 15 is 0 Å². The lowest BCUT2D eigenvalue weighted by Crippen LogP contribution is -2.30. The Hall–Kier alpha value is 0.390. The molecular formula is C11H21OP.